The third kappa shape index (κ3) is 4.06. The number of methoxy groups -OCH3 is 1. The fourth-order valence-electron chi connectivity index (χ4n) is 2.43. The Hall–Kier alpha value is -1.52. The molecule has 3 rings (SSSR count). The summed E-state index contributed by atoms with van der Waals surface area (Å²) >= 11 is 3.74. The minimum Gasteiger partial charge on any atom is -0.497 e. The van der Waals surface area contributed by atoms with Gasteiger partial charge in [0.05, 0.1) is 13.7 Å². The van der Waals surface area contributed by atoms with Crippen LogP contribution in [-0.4, -0.2) is 13.7 Å². The van der Waals surface area contributed by atoms with Crippen LogP contribution in [0.3, 0.4) is 0 Å². The van der Waals surface area contributed by atoms with Crippen molar-refractivity contribution in [3.8, 4) is 11.5 Å². The van der Waals surface area contributed by atoms with Crippen molar-refractivity contribution in [3.63, 3.8) is 0 Å². The van der Waals surface area contributed by atoms with Crippen LogP contribution in [0.15, 0.2) is 47.9 Å². The van der Waals surface area contributed by atoms with E-state index in [9.17, 15) is 0 Å². The van der Waals surface area contributed by atoms with Crippen molar-refractivity contribution < 1.29 is 9.47 Å². The van der Waals surface area contributed by atoms with Gasteiger partial charge in [0.1, 0.15) is 11.5 Å². The summed E-state index contributed by atoms with van der Waals surface area (Å²) in [5, 5.41) is 2.27. The Balaban J connectivity index is 1.73. The summed E-state index contributed by atoms with van der Waals surface area (Å²) < 4.78 is 10.9. The highest BCUT2D eigenvalue weighted by Gasteiger charge is 2.14. The van der Waals surface area contributed by atoms with Gasteiger partial charge in [-0.15, -0.1) is 23.5 Å². The van der Waals surface area contributed by atoms with E-state index >= 15 is 0 Å². The van der Waals surface area contributed by atoms with Gasteiger partial charge in [-0.25, -0.2) is 0 Å². The predicted octanol–water partition coefficient (Wildman–Crippen LogP) is 5.57. The first-order valence-electron chi connectivity index (χ1n) is 7.63. The van der Waals surface area contributed by atoms with Crippen LogP contribution in [-0.2, 0) is 11.5 Å². The van der Waals surface area contributed by atoms with Crippen LogP contribution >= 0.6 is 23.5 Å². The topological polar surface area (TPSA) is 18.5 Å². The monoisotopic (exact) mass is 344 g/mol. The van der Waals surface area contributed by atoms with Crippen molar-refractivity contribution in [3.05, 3.63) is 64.6 Å². The number of hydrogen-bond donors (Lipinski definition) is 0. The smallest absolute Gasteiger partial charge is 0.119 e. The molecule has 2 aromatic carbocycles. The van der Waals surface area contributed by atoms with Gasteiger partial charge >= 0.3 is 0 Å². The lowest BCUT2D eigenvalue weighted by atomic mass is 10.1. The zero-order valence-electron chi connectivity index (χ0n) is 13.4. The second kappa shape index (κ2) is 7.84. The molecule has 0 amide bonds. The summed E-state index contributed by atoms with van der Waals surface area (Å²) in [6.07, 6.45) is 0. The molecule has 0 unspecified atom stereocenters. The van der Waals surface area contributed by atoms with Crippen LogP contribution in [0.4, 0.5) is 0 Å². The van der Waals surface area contributed by atoms with Gasteiger partial charge in [0, 0.05) is 16.4 Å². The highest BCUT2D eigenvalue weighted by molar-refractivity contribution is 8.09. The molecule has 0 saturated carbocycles. The number of hydrogen-bond acceptors (Lipinski definition) is 4. The van der Waals surface area contributed by atoms with Crippen LogP contribution < -0.4 is 9.47 Å². The fourth-order valence-corrected chi connectivity index (χ4v) is 4.56. The normalized spacial score (nSPS) is 13.2. The Morgan fingerprint density at radius 3 is 2.61 bits per heavy atom. The molecule has 0 fully saturated rings. The minimum atomic E-state index is 0.700. The van der Waals surface area contributed by atoms with Crippen LogP contribution in [0.25, 0.3) is 4.91 Å². The van der Waals surface area contributed by atoms with E-state index < -0.39 is 0 Å². The SMILES string of the molecule is CCOc1ccc2c(c1)C(SCc1ccc(OC)cc1)=CSC2. The van der Waals surface area contributed by atoms with E-state index in [-0.39, 0.29) is 0 Å². The average molecular weight is 345 g/mol. The molecule has 0 atom stereocenters. The molecule has 0 aromatic heterocycles. The number of rotatable bonds is 6. The van der Waals surface area contributed by atoms with Gasteiger partial charge in [0.25, 0.3) is 0 Å². The zero-order valence-corrected chi connectivity index (χ0v) is 15.0. The summed E-state index contributed by atoms with van der Waals surface area (Å²) in [7, 11) is 1.70. The highest BCUT2D eigenvalue weighted by atomic mass is 32.2. The fraction of sp³-hybridized carbons (Fsp3) is 0.263. The maximum absolute atomic E-state index is 5.65. The molecule has 0 aliphatic carbocycles. The Kier molecular flexibility index (Phi) is 5.57. The number of ether oxygens (including phenoxy) is 2. The van der Waals surface area contributed by atoms with Crippen molar-refractivity contribution in [1.82, 2.24) is 0 Å². The molecule has 1 heterocycles. The van der Waals surface area contributed by atoms with Crippen molar-refractivity contribution in [2.45, 2.75) is 18.4 Å². The minimum absolute atomic E-state index is 0.700. The van der Waals surface area contributed by atoms with Crippen molar-refractivity contribution in [2.75, 3.05) is 13.7 Å². The summed E-state index contributed by atoms with van der Waals surface area (Å²) in [6.45, 7) is 2.72. The third-order valence-corrected chi connectivity index (χ3v) is 5.80. The first-order chi connectivity index (χ1) is 11.3. The van der Waals surface area contributed by atoms with Gasteiger partial charge in [-0.3, -0.25) is 0 Å². The molecule has 0 saturated heterocycles. The van der Waals surface area contributed by atoms with Crippen LogP contribution in [0, 0.1) is 0 Å². The number of thioether (sulfide) groups is 2. The maximum Gasteiger partial charge on any atom is 0.119 e. The molecule has 23 heavy (non-hydrogen) atoms. The molecule has 0 bridgehead atoms. The summed E-state index contributed by atoms with van der Waals surface area (Å²) in [5.74, 6) is 3.84. The standard InChI is InChI=1S/C19H20O2S2/c1-3-21-17-9-6-15-12-22-13-19(18(15)10-17)23-11-14-4-7-16(20-2)8-5-14/h4-10,13H,3,11-12H2,1-2H3. The summed E-state index contributed by atoms with van der Waals surface area (Å²) in [6, 6.07) is 14.7. The van der Waals surface area contributed by atoms with E-state index in [2.05, 4.69) is 35.7 Å². The number of benzene rings is 2. The largest absolute Gasteiger partial charge is 0.497 e. The second-order valence-electron chi connectivity index (χ2n) is 5.18. The van der Waals surface area contributed by atoms with E-state index in [0.717, 1.165) is 23.0 Å². The molecule has 0 spiro atoms. The van der Waals surface area contributed by atoms with Gasteiger partial charge < -0.3 is 9.47 Å². The van der Waals surface area contributed by atoms with Gasteiger partial charge in [-0.2, -0.15) is 0 Å². The van der Waals surface area contributed by atoms with Gasteiger partial charge in [-0.1, -0.05) is 18.2 Å². The Morgan fingerprint density at radius 1 is 1.09 bits per heavy atom. The average Bonchev–Trinajstić information content (AvgIpc) is 2.60. The van der Waals surface area contributed by atoms with E-state index in [4.69, 9.17) is 9.47 Å². The first kappa shape index (κ1) is 16.3. The molecule has 4 heteroatoms. The van der Waals surface area contributed by atoms with Crippen molar-refractivity contribution >= 4 is 28.4 Å². The van der Waals surface area contributed by atoms with Crippen LogP contribution in [0.5, 0.6) is 11.5 Å². The Bertz CT molecular complexity index is 693. The van der Waals surface area contributed by atoms with Crippen LogP contribution in [0.1, 0.15) is 23.6 Å². The molecule has 1 aliphatic heterocycles. The van der Waals surface area contributed by atoms with E-state index in [1.54, 1.807) is 7.11 Å². The predicted molar refractivity (Wildman–Crippen MR) is 101 cm³/mol. The van der Waals surface area contributed by atoms with Crippen molar-refractivity contribution in [2.24, 2.45) is 0 Å². The molecular weight excluding hydrogens is 324 g/mol. The van der Waals surface area contributed by atoms with Crippen molar-refractivity contribution in [1.29, 1.82) is 0 Å². The second-order valence-corrected chi connectivity index (χ2v) is 7.06. The van der Waals surface area contributed by atoms with Crippen LogP contribution in [0.2, 0.25) is 0 Å². The summed E-state index contributed by atoms with van der Waals surface area (Å²) in [4.78, 5) is 1.33. The quantitative estimate of drug-likeness (QED) is 0.681. The van der Waals surface area contributed by atoms with E-state index in [1.807, 2.05) is 42.6 Å². The lowest BCUT2D eigenvalue weighted by molar-refractivity contribution is 0.340. The van der Waals surface area contributed by atoms with E-state index in [1.165, 1.54) is 21.6 Å². The van der Waals surface area contributed by atoms with Gasteiger partial charge in [-0.05, 0) is 53.3 Å². The maximum atomic E-state index is 5.65. The lowest BCUT2D eigenvalue weighted by Gasteiger charge is -2.18. The number of fused-ring (bicyclic) bond motifs is 1. The highest BCUT2D eigenvalue weighted by Crippen LogP contribution is 2.41. The molecular formula is C19H20O2S2. The molecule has 0 N–H and O–H groups in total. The molecule has 0 radical (unpaired) electrons. The molecule has 120 valence electrons. The van der Waals surface area contributed by atoms with Gasteiger partial charge in [0.2, 0.25) is 0 Å². The molecule has 2 nitrogen and oxygen atoms in total. The van der Waals surface area contributed by atoms with Gasteiger partial charge in [0.15, 0.2) is 0 Å². The van der Waals surface area contributed by atoms with E-state index in [0.29, 0.717) is 6.61 Å². The zero-order chi connectivity index (χ0) is 16.1. The molecule has 1 aliphatic rings. The Labute approximate surface area is 146 Å². The first-order valence-corrected chi connectivity index (χ1v) is 9.67. The Morgan fingerprint density at radius 2 is 1.87 bits per heavy atom. The molecule has 2 aromatic rings. The summed E-state index contributed by atoms with van der Waals surface area (Å²) in [5.41, 5.74) is 4.00. The lowest BCUT2D eigenvalue weighted by Crippen LogP contribution is -1.98. The third-order valence-electron chi connectivity index (χ3n) is 3.64.